The zero-order valence-corrected chi connectivity index (χ0v) is 33.2. The van der Waals surface area contributed by atoms with Crippen LogP contribution in [0.25, 0.3) is 0 Å². The highest BCUT2D eigenvalue weighted by Crippen LogP contribution is 2.64. The second-order valence-electron chi connectivity index (χ2n) is 14.0. The molecule has 7 rings (SSSR count). The molecule has 3 aliphatic rings. The van der Waals surface area contributed by atoms with Gasteiger partial charge in [-0.3, -0.25) is 0 Å². The molecular formula is C42H48O6S4. The molecule has 0 saturated heterocycles. The van der Waals surface area contributed by atoms with E-state index in [4.69, 9.17) is 18.9 Å². The first-order valence-corrected chi connectivity index (χ1v) is 22.2. The molecule has 2 aromatic heterocycles. The number of benzene rings is 2. The number of unbranched alkanes of at least 4 members (excludes halogenated alkanes) is 4. The number of fused-ring (bicyclic) bond motifs is 6. The summed E-state index contributed by atoms with van der Waals surface area (Å²) in [6, 6.07) is 25.1. The van der Waals surface area contributed by atoms with E-state index in [9.17, 15) is 9.59 Å². The predicted molar refractivity (Wildman–Crippen MR) is 212 cm³/mol. The van der Waals surface area contributed by atoms with Crippen LogP contribution in [0.4, 0.5) is 9.59 Å². The Morgan fingerprint density at radius 3 is 1.46 bits per heavy atom. The Kier molecular flexibility index (Phi) is 12.9. The van der Waals surface area contributed by atoms with E-state index in [2.05, 4.69) is 50.2 Å². The van der Waals surface area contributed by atoms with E-state index in [0.717, 1.165) is 72.2 Å². The smallest absolute Gasteiger partial charge is 0.434 e. The van der Waals surface area contributed by atoms with E-state index in [1.165, 1.54) is 19.5 Å². The Morgan fingerprint density at radius 1 is 0.635 bits per heavy atom. The van der Waals surface area contributed by atoms with Crippen LogP contribution in [0.1, 0.15) is 120 Å². The average molecular weight is 777 g/mol. The minimum atomic E-state index is -0.579. The standard InChI is InChI=1S/C42H48O6S4/c1-3-5-13-19-45-41(43)47-31(21-27-15-9-7-10-16-27)35-25-37-39(51-35)29-23-34-30(24-33(29)49-37)40-38(50-34)26-36(52-40)32(22-28-17-11-8-12-18-28)48-42(44)46-20-14-6-4-2/h7-12,15-18,25-26,29-34H,3-6,13-14,19-24H2,1-2H3. The average Bonchev–Trinajstić information content (AvgIpc) is 3.91. The van der Waals surface area contributed by atoms with Crippen LogP contribution in [0.3, 0.4) is 0 Å². The maximum atomic E-state index is 12.8. The molecule has 0 amide bonds. The molecule has 2 aliphatic heterocycles. The highest BCUT2D eigenvalue weighted by atomic mass is 32.2. The lowest BCUT2D eigenvalue weighted by atomic mass is 9.80. The summed E-state index contributed by atoms with van der Waals surface area (Å²) in [5.74, 6) is 0.993. The van der Waals surface area contributed by atoms with Crippen LogP contribution in [-0.2, 0) is 31.8 Å². The van der Waals surface area contributed by atoms with Crippen molar-refractivity contribution >= 4 is 58.5 Å². The molecule has 52 heavy (non-hydrogen) atoms. The molecule has 0 N–H and O–H groups in total. The van der Waals surface area contributed by atoms with Gasteiger partial charge in [0.25, 0.3) is 0 Å². The Labute approximate surface area is 324 Å². The maximum Gasteiger partial charge on any atom is 0.508 e. The summed E-state index contributed by atoms with van der Waals surface area (Å²) < 4.78 is 23.0. The van der Waals surface area contributed by atoms with Crippen molar-refractivity contribution in [1.29, 1.82) is 0 Å². The minimum Gasteiger partial charge on any atom is -0.434 e. The van der Waals surface area contributed by atoms with Crippen molar-refractivity contribution in [2.75, 3.05) is 13.2 Å². The van der Waals surface area contributed by atoms with E-state index >= 15 is 0 Å². The van der Waals surface area contributed by atoms with Gasteiger partial charge in [-0.2, -0.15) is 0 Å². The molecule has 6 nitrogen and oxygen atoms in total. The van der Waals surface area contributed by atoms with Crippen molar-refractivity contribution in [2.24, 2.45) is 0 Å². The lowest BCUT2D eigenvalue weighted by molar-refractivity contribution is 0.0221. The molecule has 1 saturated carbocycles. The van der Waals surface area contributed by atoms with Crippen molar-refractivity contribution in [2.45, 2.75) is 122 Å². The van der Waals surface area contributed by atoms with Gasteiger partial charge in [-0.25, -0.2) is 9.59 Å². The number of carbonyl (C=O) groups is 2. The highest BCUT2D eigenvalue weighted by molar-refractivity contribution is 8.01. The molecule has 0 spiro atoms. The lowest BCUT2D eigenvalue weighted by Gasteiger charge is -2.34. The van der Waals surface area contributed by atoms with Crippen LogP contribution in [0.2, 0.25) is 0 Å². The Hall–Kier alpha value is -2.92. The summed E-state index contributed by atoms with van der Waals surface area (Å²) in [5, 5.41) is 1.06. The molecule has 1 fully saturated rings. The number of ether oxygens (including phenoxy) is 4. The molecule has 0 bridgehead atoms. The van der Waals surface area contributed by atoms with Gasteiger partial charge in [-0.05, 0) is 48.9 Å². The summed E-state index contributed by atoms with van der Waals surface area (Å²) in [6.45, 7) is 5.06. The lowest BCUT2D eigenvalue weighted by Crippen LogP contribution is -2.28. The number of hydrogen-bond donors (Lipinski definition) is 0. The van der Waals surface area contributed by atoms with Crippen LogP contribution in [0.15, 0.2) is 82.6 Å². The summed E-state index contributed by atoms with van der Waals surface area (Å²) >= 11 is 7.68. The topological polar surface area (TPSA) is 71.1 Å². The molecule has 6 atom stereocenters. The van der Waals surface area contributed by atoms with Gasteiger partial charge in [0.05, 0.1) is 13.2 Å². The second-order valence-corrected chi connectivity index (χ2v) is 18.7. The van der Waals surface area contributed by atoms with Crippen molar-refractivity contribution < 1.29 is 28.5 Å². The van der Waals surface area contributed by atoms with Gasteiger partial charge in [-0.15, -0.1) is 46.2 Å². The van der Waals surface area contributed by atoms with E-state index in [1.807, 2.05) is 82.6 Å². The zero-order chi connectivity index (χ0) is 35.9. The van der Waals surface area contributed by atoms with Gasteiger partial charge < -0.3 is 18.9 Å². The van der Waals surface area contributed by atoms with Gasteiger partial charge in [0.2, 0.25) is 0 Å². The van der Waals surface area contributed by atoms with E-state index in [-0.39, 0.29) is 12.2 Å². The normalized spacial score (nSPS) is 21.0. The molecule has 0 radical (unpaired) electrons. The monoisotopic (exact) mass is 776 g/mol. The third-order valence-electron chi connectivity index (χ3n) is 10.2. The molecule has 6 unspecified atom stereocenters. The largest absolute Gasteiger partial charge is 0.508 e. The van der Waals surface area contributed by atoms with Crippen LogP contribution >= 0.6 is 46.2 Å². The molecule has 1 aliphatic carbocycles. The van der Waals surface area contributed by atoms with Crippen LogP contribution < -0.4 is 0 Å². The van der Waals surface area contributed by atoms with Crippen molar-refractivity contribution in [1.82, 2.24) is 0 Å². The van der Waals surface area contributed by atoms with Crippen molar-refractivity contribution in [3.05, 3.63) is 103 Å². The minimum absolute atomic E-state index is 0.377. The first-order chi connectivity index (χ1) is 25.5. The highest BCUT2D eigenvalue weighted by Gasteiger charge is 2.49. The fourth-order valence-corrected chi connectivity index (χ4v) is 13.9. The number of carbonyl (C=O) groups excluding carboxylic acids is 2. The number of hydrogen-bond acceptors (Lipinski definition) is 10. The van der Waals surface area contributed by atoms with Gasteiger partial charge in [0.15, 0.2) is 0 Å². The zero-order valence-electron chi connectivity index (χ0n) is 30.0. The summed E-state index contributed by atoms with van der Waals surface area (Å²) in [7, 11) is 0. The Bertz CT molecular complexity index is 1640. The fraction of sp³-hybridized carbons (Fsp3) is 0.476. The third kappa shape index (κ3) is 9.05. The summed E-state index contributed by atoms with van der Waals surface area (Å²) in [5.41, 5.74) is 2.28. The quantitative estimate of drug-likeness (QED) is 0.0823. The molecule has 4 aromatic rings. The van der Waals surface area contributed by atoms with E-state index < -0.39 is 12.3 Å². The SMILES string of the molecule is CCCCCOC(=O)OC(Cc1ccccc1)c1cc2c(s1)C1CC3Sc4cc(C(Cc5ccccc5)OC(=O)OCCCCC)sc4C3CC1S2. The first-order valence-electron chi connectivity index (χ1n) is 18.8. The van der Waals surface area contributed by atoms with Gasteiger partial charge in [0.1, 0.15) is 12.2 Å². The molecule has 10 heteroatoms. The first kappa shape index (κ1) is 37.4. The number of thiophene rings is 2. The number of rotatable bonds is 16. The van der Waals surface area contributed by atoms with Gasteiger partial charge in [-0.1, -0.05) is 100 Å². The second kappa shape index (κ2) is 17.9. The summed E-state index contributed by atoms with van der Waals surface area (Å²) in [6.07, 6.45) is 7.53. The van der Waals surface area contributed by atoms with E-state index in [1.54, 1.807) is 0 Å². The van der Waals surface area contributed by atoms with Crippen LogP contribution in [0.5, 0.6) is 0 Å². The van der Waals surface area contributed by atoms with Crippen LogP contribution in [0, 0.1) is 0 Å². The van der Waals surface area contributed by atoms with Gasteiger partial charge >= 0.3 is 12.3 Å². The van der Waals surface area contributed by atoms with Crippen molar-refractivity contribution in [3.63, 3.8) is 0 Å². The Balaban J connectivity index is 1.03. The predicted octanol–water partition coefficient (Wildman–Crippen LogP) is 12.7. The maximum absolute atomic E-state index is 12.8. The Morgan fingerprint density at radius 2 is 1.06 bits per heavy atom. The molecule has 4 heterocycles. The van der Waals surface area contributed by atoms with Gasteiger partial charge in [0, 0.05) is 64.5 Å². The molecule has 2 aromatic carbocycles. The fourth-order valence-electron chi connectivity index (χ4n) is 7.48. The van der Waals surface area contributed by atoms with E-state index in [0.29, 0.717) is 48.4 Å². The third-order valence-corrected chi connectivity index (χ3v) is 16.0. The summed E-state index contributed by atoms with van der Waals surface area (Å²) in [4.78, 5) is 33.4. The number of thioether (sulfide) groups is 2. The molecular weight excluding hydrogens is 729 g/mol. The van der Waals surface area contributed by atoms with Crippen molar-refractivity contribution in [3.8, 4) is 0 Å². The van der Waals surface area contributed by atoms with Crippen LogP contribution in [-0.4, -0.2) is 36.0 Å². The molecule has 276 valence electrons.